The van der Waals surface area contributed by atoms with Crippen molar-refractivity contribution in [3.63, 3.8) is 0 Å². The maximum atomic E-state index is 12.5. The summed E-state index contributed by atoms with van der Waals surface area (Å²) in [4.78, 5) is 16.0. The molecule has 0 bridgehead atoms. The van der Waals surface area contributed by atoms with Gasteiger partial charge in [0.2, 0.25) is 0 Å². The molecule has 0 N–H and O–H groups in total. The fourth-order valence-corrected chi connectivity index (χ4v) is 3.00. The van der Waals surface area contributed by atoms with Crippen LogP contribution in [-0.2, 0) is 0 Å². The molecular weight excluding hydrogens is 294 g/mol. The Morgan fingerprint density at radius 3 is 2.55 bits per heavy atom. The lowest BCUT2D eigenvalue weighted by atomic mass is 10.2. The Morgan fingerprint density at radius 2 is 1.95 bits per heavy atom. The molecule has 1 aromatic rings. The van der Waals surface area contributed by atoms with E-state index in [0.29, 0.717) is 18.8 Å². The van der Waals surface area contributed by atoms with Gasteiger partial charge in [-0.2, -0.15) is 0 Å². The van der Waals surface area contributed by atoms with Gasteiger partial charge >= 0.3 is 6.03 Å². The summed E-state index contributed by atoms with van der Waals surface area (Å²) in [7, 11) is 4.82. The molecule has 0 saturated carbocycles. The number of methoxy groups -OCH3 is 1. The van der Waals surface area contributed by atoms with Crippen LogP contribution in [0.4, 0.5) is 10.5 Å². The van der Waals surface area contributed by atoms with Crippen molar-refractivity contribution in [2.24, 2.45) is 0 Å². The maximum absolute atomic E-state index is 12.5. The monoisotopic (exact) mass is 313 g/mol. The van der Waals surface area contributed by atoms with Crippen LogP contribution in [0.25, 0.3) is 0 Å². The standard InChI is InChI=1S/C13H19N3O2S2/c1-14(11-5-3-4-6-12(11)18-2)13(17)15-7-9-16(20-19)10-8-15/h3-6,19H,7-10H2,1-2H3. The van der Waals surface area contributed by atoms with Gasteiger partial charge in [0.25, 0.3) is 0 Å². The van der Waals surface area contributed by atoms with Crippen molar-refractivity contribution in [3.8, 4) is 5.75 Å². The Bertz CT molecular complexity index is 465. The number of hydrogen-bond acceptors (Lipinski definition) is 5. The number of ether oxygens (including phenoxy) is 1. The third-order valence-electron chi connectivity index (χ3n) is 3.36. The first-order valence-corrected chi connectivity index (χ1v) is 8.22. The molecule has 0 aliphatic carbocycles. The average Bonchev–Trinajstić information content (AvgIpc) is 2.53. The first kappa shape index (κ1) is 15.3. The number of para-hydroxylation sites is 2. The van der Waals surface area contributed by atoms with E-state index in [0.717, 1.165) is 18.8 Å². The molecule has 7 heteroatoms. The second-order valence-electron chi connectivity index (χ2n) is 4.51. The fraction of sp³-hybridized carbons (Fsp3) is 0.462. The van der Waals surface area contributed by atoms with Crippen LogP contribution in [0.1, 0.15) is 0 Å². The molecule has 1 aliphatic heterocycles. The van der Waals surface area contributed by atoms with Gasteiger partial charge < -0.3 is 9.64 Å². The van der Waals surface area contributed by atoms with Crippen molar-refractivity contribution < 1.29 is 9.53 Å². The lowest BCUT2D eigenvalue weighted by molar-refractivity contribution is 0.183. The van der Waals surface area contributed by atoms with E-state index >= 15 is 0 Å². The van der Waals surface area contributed by atoms with E-state index in [9.17, 15) is 4.79 Å². The van der Waals surface area contributed by atoms with Gasteiger partial charge in [0.05, 0.1) is 12.8 Å². The lowest BCUT2D eigenvalue weighted by Crippen LogP contribution is -2.50. The van der Waals surface area contributed by atoms with Crippen molar-refractivity contribution in [1.29, 1.82) is 0 Å². The molecule has 1 saturated heterocycles. The van der Waals surface area contributed by atoms with Gasteiger partial charge in [-0.05, 0) is 23.1 Å². The van der Waals surface area contributed by atoms with Crippen LogP contribution in [0, 0.1) is 0 Å². The number of amides is 2. The lowest BCUT2D eigenvalue weighted by Gasteiger charge is -2.35. The quantitative estimate of drug-likeness (QED) is 0.528. The van der Waals surface area contributed by atoms with E-state index in [1.807, 2.05) is 29.2 Å². The van der Waals surface area contributed by atoms with Crippen molar-refractivity contribution in [2.75, 3.05) is 45.2 Å². The fourth-order valence-electron chi connectivity index (χ4n) is 2.18. The molecule has 0 aromatic heterocycles. The summed E-state index contributed by atoms with van der Waals surface area (Å²) < 4.78 is 7.44. The summed E-state index contributed by atoms with van der Waals surface area (Å²) in [5.41, 5.74) is 0.783. The molecule has 1 fully saturated rings. The van der Waals surface area contributed by atoms with Crippen LogP contribution in [0.15, 0.2) is 24.3 Å². The predicted molar refractivity (Wildman–Crippen MR) is 86.5 cm³/mol. The summed E-state index contributed by atoms with van der Waals surface area (Å²) in [5, 5.41) is 0. The van der Waals surface area contributed by atoms with Crippen molar-refractivity contribution in [2.45, 2.75) is 0 Å². The number of benzene rings is 1. The maximum Gasteiger partial charge on any atom is 0.324 e. The number of rotatable bonds is 3. The molecule has 5 nitrogen and oxygen atoms in total. The topological polar surface area (TPSA) is 36.0 Å². The summed E-state index contributed by atoms with van der Waals surface area (Å²) >= 11 is 4.18. The summed E-state index contributed by atoms with van der Waals surface area (Å²) in [6, 6.07) is 7.53. The minimum absolute atomic E-state index is 0.00156. The zero-order valence-electron chi connectivity index (χ0n) is 11.7. The van der Waals surface area contributed by atoms with E-state index in [1.165, 1.54) is 11.0 Å². The van der Waals surface area contributed by atoms with Crippen LogP contribution < -0.4 is 9.64 Å². The highest BCUT2D eigenvalue weighted by atomic mass is 33.1. The Morgan fingerprint density at radius 1 is 1.30 bits per heavy atom. The second-order valence-corrected chi connectivity index (χ2v) is 5.68. The Hall–Kier alpha value is -1.05. The molecular formula is C13H19N3O2S2. The molecule has 0 atom stereocenters. The van der Waals surface area contributed by atoms with Gasteiger partial charge in [-0.15, -0.1) is 0 Å². The first-order valence-electron chi connectivity index (χ1n) is 6.39. The van der Waals surface area contributed by atoms with E-state index in [4.69, 9.17) is 4.74 Å². The van der Waals surface area contributed by atoms with Gasteiger partial charge in [0.15, 0.2) is 0 Å². The highest BCUT2D eigenvalue weighted by Gasteiger charge is 2.25. The van der Waals surface area contributed by atoms with Crippen LogP contribution >= 0.6 is 22.6 Å². The van der Waals surface area contributed by atoms with Crippen molar-refractivity contribution >= 4 is 34.4 Å². The van der Waals surface area contributed by atoms with E-state index < -0.39 is 0 Å². The van der Waals surface area contributed by atoms with Crippen molar-refractivity contribution in [1.82, 2.24) is 9.21 Å². The van der Waals surface area contributed by atoms with Crippen LogP contribution in [0.5, 0.6) is 5.75 Å². The Balaban J connectivity index is 2.05. The molecule has 0 radical (unpaired) electrons. The summed E-state index contributed by atoms with van der Waals surface area (Å²) in [6.45, 7) is 3.09. The molecule has 20 heavy (non-hydrogen) atoms. The summed E-state index contributed by atoms with van der Waals surface area (Å²) in [6.07, 6.45) is 0. The molecule has 110 valence electrons. The van der Waals surface area contributed by atoms with E-state index in [1.54, 1.807) is 19.1 Å². The largest absolute Gasteiger partial charge is 0.495 e. The molecule has 1 aromatic carbocycles. The molecule has 0 unspecified atom stereocenters. The third kappa shape index (κ3) is 3.34. The number of carbonyl (C=O) groups excluding carboxylic acids is 1. The molecule has 1 aliphatic rings. The highest BCUT2D eigenvalue weighted by molar-refractivity contribution is 8.67. The normalized spacial score (nSPS) is 16.1. The number of urea groups is 1. The predicted octanol–water partition coefficient (Wildman–Crippen LogP) is 2.36. The Kier molecular flexibility index (Phi) is 5.45. The van der Waals surface area contributed by atoms with Gasteiger partial charge in [0.1, 0.15) is 5.75 Å². The SMILES string of the molecule is COc1ccccc1N(C)C(=O)N1CCN(SS)CC1. The molecule has 2 rings (SSSR count). The third-order valence-corrected chi connectivity index (χ3v) is 4.65. The molecule has 1 heterocycles. The number of piperazine rings is 1. The van der Waals surface area contributed by atoms with Crippen LogP contribution in [-0.4, -0.2) is 55.6 Å². The van der Waals surface area contributed by atoms with E-state index in [-0.39, 0.29) is 6.03 Å². The number of anilines is 1. The molecule has 0 spiro atoms. The second kappa shape index (κ2) is 7.10. The average molecular weight is 313 g/mol. The van der Waals surface area contributed by atoms with Gasteiger partial charge in [-0.3, -0.25) is 4.90 Å². The summed E-state index contributed by atoms with van der Waals surface area (Å²) in [5.74, 6) is 0.702. The number of hydrogen-bond donors (Lipinski definition) is 1. The van der Waals surface area contributed by atoms with Gasteiger partial charge in [-0.25, -0.2) is 9.10 Å². The zero-order chi connectivity index (χ0) is 14.5. The van der Waals surface area contributed by atoms with Gasteiger partial charge in [-0.1, -0.05) is 23.8 Å². The zero-order valence-corrected chi connectivity index (χ0v) is 13.4. The first-order chi connectivity index (χ1) is 9.67. The van der Waals surface area contributed by atoms with Crippen LogP contribution in [0.3, 0.4) is 0 Å². The highest BCUT2D eigenvalue weighted by Crippen LogP contribution is 2.27. The van der Waals surface area contributed by atoms with Crippen molar-refractivity contribution in [3.05, 3.63) is 24.3 Å². The Labute approximate surface area is 128 Å². The number of nitrogens with zero attached hydrogens (tertiary/aromatic N) is 3. The van der Waals surface area contributed by atoms with E-state index in [2.05, 4.69) is 16.0 Å². The minimum Gasteiger partial charge on any atom is -0.495 e. The number of thiol groups is 1. The van der Waals surface area contributed by atoms with Crippen LogP contribution in [0.2, 0.25) is 0 Å². The van der Waals surface area contributed by atoms with Gasteiger partial charge in [0, 0.05) is 33.2 Å². The number of carbonyl (C=O) groups is 1. The smallest absolute Gasteiger partial charge is 0.324 e. The molecule has 2 amide bonds. The minimum atomic E-state index is -0.00156.